The van der Waals surface area contributed by atoms with Crippen molar-refractivity contribution in [1.82, 2.24) is 9.71 Å². The van der Waals surface area contributed by atoms with Gasteiger partial charge in [-0.3, -0.25) is 0 Å². The van der Waals surface area contributed by atoms with E-state index >= 15 is 0 Å². The summed E-state index contributed by atoms with van der Waals surface area (Å²) in [6.07, 6.45) is 7.48. The molecule has 0 aliphatic rings. The van der Waals surface area contributed by atoms with Gasteiger partial charge >= 0.3 is 0 Å². The lowest BCUT2D eigenvalue weighted by molar-refractivity contribution is 0.0829. The summed E-state index contributed by atoms with van der Waals surface area (Å²) in [5.41, 5.74) is 0. The van der Waals surface area contributed by atoms with Crippen LogP contribution >= 0.6 is 0 Å². The fraction of sp³-hybridized carbons (Fsp3) is 0.125. The smallest absolute Gasteiger partial charge is 0.214 e. The van der Waals surface area contributed by atoms with Crippen LogP contribution in [0.3, 0.4) is 0 Å². The molecule has 2 aromatic rings. The van der Waals surface area contributed by atoms with Crippen LogP contribution in [0, 0.1) is 6.33 Å². The maximum atomic E-state index is 5.20. The van der Waals surface area contributed by atoms with E-state index in [0.29, 0.717) is 6.61 Å². The van der Waals surface area contributed by atoms with Gasteiger partial charge in [0.25, 0.3) is 0 Å². The standard InChI is InChI=1S/C8H7N2O2/c1-2-8(11-5-1)6-12-10-4-3-9-7-10/h1-5H,6H2. The molecule has 0 amide bonds. The molecule has 0 fully saturated rings. The van der Waals surface area contributed by atoms with Crippen molar-refractivity contribution < 1.29 is 9.25 Å². The number of furan rings is 1. The Labute approximate surface area is 69.4 Å². The zero-order valence-electron chi connectivity index (χ0n) is 6.30. The zero-order chi connectivity index (χ0) is 8.23. The number of hydrogen-bond donors (Lipinski definition) is 0. The lowest BCUT2D eigenvalue weighted by Crippen LogP contribution is -2.08. The Morgan fingerprint density at radius 1 is 1.67 bits per heavy atom. The lowest BCUT2D eigenvalue weighted by atomic mass is 10.5. The molecule has 2 heterocycles. The summed E-state index contributed by atoms with van der Waals surface area (Å²) in [4.78, 5) is 8.90. The maximum absolute atomic E-state index is 5.20. The van der Waals surface area contributed by atoms with Gasteiger partial charge in [-0.2, -0.15) is 4.73 Å². The highest BCUT2D eigenvalue weighted by Crippen LogP contribution is 1.99. The molecule has 12 heavy (non-hydrogen) atoms. The van der Waals surface area contributed by atoms with Gasteiger partial charge in [0.1, 0.15) is 5.76 Å². The van der Waals surface area contributed by atoms with E-state index in [9.17, 15) is 0 Å². The van der Waals surface area contributed by atoms with Gasteiger partial charge in [-0.25, -0.2) is 4.98 Å². The van der Waals surface area contributed by atoms with Crippen LogP contribution in [0.5, 0.6) is 0 Å². The van der Waals surface area contributed by atoms with Crippen molar-refractivity contribution in [3.63, 3.8) is 0 Å². The highest BCUT2D eigenvalue weighted by atomic mass is 16.7. The molecule has 0 saturated carbocycles. The fourth-order valence-corrected chi connectivity index (χ4v) is 0.817. The normalized spacial score (nSPS) is 10.0. The third-order valence-electron chi connectivity index (χ3n) is 1.36. The second-order valence-electron chi connectivity index (χ2n) is 2.21. The minimum absolute atomic E-state index is 0.389. The molecule has 0 unspecified atom stereocenters. The number of rotatable bonds is 3. The van der Waals surface area contributed by atoms with Crippen molar-refractivity contribution >= 4 is 0 Å². The SMILES string of the molecule is [c]1nccn1OCc1ccco1. The fourth-order valence-electron chi connectivity index (χ4n) is 0.817. The van der Waals surface area contributed by atoms with E-state index in [2.05, 4.69) is 11.3 Å². The van der Waals surface area contributed by atoms with Crippen LogP contribution in [0.1, 0.15) is 5.76 Å². The Kier molecular flexibility index (Phi) is 1.82. The van der Waals surface area contributed by atoms with Gasteiger partial charge in [0, 0.05) is 6.20 Å². The van der Waals surface area contributed by atoms with Crippen LogP contribution in [0.4, 0.5) is 0 Å². The lowest BCUT2D eigenvalue weighted by Gasteiger charge is -2.01. The third kappa shape index (κ3) is 1.47. The molecule has 1 radical (unpaired) electrons. The molecular formula is C8H7N2O2. The van der Waals surface area contributed by atoms with E-state index < -0.39 is 0 Å². The molecule has 0 N–H and O–H groups in total. The van der Waals surface area contributed by atoms with E-state index in [4.69, 9.17) is 9.25 Å². The van der Waals surface area contributed by atoms with Gasteiger partial charge in [-0.05, 0) is 12.1 Å². The maximum Gasteiger partial charge on any atom is 0.214 e. The van der Waals surface area contributed by atoms with E-state index in [0.717, 1.165) is 5.76 Å². The van der Waals surface area contributed by atoms with Gasteiger partial charge in [-0.15, -0.1) is 0 Å². The first-order chi connectivity index (χ1) is 5.95. The monoisotopic (exact) mass is 163 g/mol. The van der Waals surface area contributed by atoms with E-state index in [1.165, 1.54) is 4.73 Å². The first-order valence-corrected chi connectivity index (χ1v) is 3.52. The summed E-state index contributed by atoms with van der Waals surface area (Å²) in [6.45, 7) is 0.389. The van der Waals surface area contributed by atoms with E-state index in [1.807, 2.05) is 12.1 Å². The number of hydrogen-bond acceptors (Lipinski definition) is 3. The summed E-state index contributed by atoms with van der Waals surface area (Å²) in [7, 11) is 0. The van der Waals surface area contributed by atoms with Crippen LogP contribution in [0.15, 0.2) is 35.2 Å². The average Bonchev–Trinajstić information content (AvgIpc) is 2.74. The first kappa shape index (κ1) is 6.97. The Hall–Kier alpha value is -1.71. The summed E-state index contributed by atoms with van der Waals surface area (Å²) < 4.78 is 6.46. The first-order valence-electron chi connectivity index (χ1n) is 3.52. The summed E-state index contributed by atoms with van der Waals surface area (Å²) in [6, 6.07) is 3.66. The molecule has 4 nitrogen and oxygen atoms in total. The van der Waals surface area contributed by atoms with Crippen molar-refractivity contribution in [1.29, 1.82) is 0 Å². The van der Waals surface area contributed by atoms with Crippen LogP contribution in [0.2, 0.25) is 0 Å². The Bertz CT molecular complexity index is 278. The van der Waals surface area contributed by atoms with Crippen LogP contribution in [-0.2, 0) is 6.61 Å². The molecular weight excluding hydrogens is 156 g/mol. The second kappa shape index (κ2) is 3.13. The molecule has 0 aromatic carbocycles. The molecule has 0 aliphatic heterocycles. The Morgan fingerprint density at radius 2 is 2.67 bits per heavy atom. The average molecular weight is 163 g/mol. The molecule has 61 valence electrons. The number of aromatic nitrogens is 2. The molecule has 2 aromatic heterocycles. The highest BCUT2D eigenvalue weighted by molar-refractivity contribution is 4.96. The predicted molar refractivity (Wildman–Crippen MR) is 40.1 cm³/mol. The molecule has 0 atom stereocenters. The summed E-state index contributed by atoms with van der Waals surface area (Å²) in [5.74, 6) is 0.775. The molecule has 2 rings (SSSR count). The molecule has 0 aliphatic carbocycles. The van der Waals surface area contributed by atoms with Gasteiger partial charge in [0.05, 0.1) is 12.5 Å². The van der Waals surface area contributed by atoms with Gasteiger partial charge < -0.3 is 9.25 Å². The number of nitrogens with zero attached hydrogens (tertiary/aromatic N) is 2. The van der Waals surface area contributed by atoms with Crippen molar-refractivity contribution in [2.45, 2.75) is 6.61 Å². The van der Waals surface area contributed by atoms with E-state index in [-0.39, 0.29) is 0 Å². The van der Waals surface area contributed by atoms with Crippen molar-refractivity contribution in [2.24, 2.45) is 0 Å². The Morgan fingerprint density at radius 3 is 3.33 bits per heavy atom. The van der Waals surface area contributed by atoms with Crippen LogP contribution in [-0.4, -0.2) is 9.71 Å². The van der Waals surface area contributed by atoms with Crippen LogP contribution in [0.25, 0.3) is 0 Å². The second-order valence-corrected chi connectivity index (χ2v) is 2.21. The minimum atomic E-state index is 0.389. The third-order valence-corrected chi connectivity index (χ3v) is 1.36. The summed E-state index contributed by atoms with van der Waals surface area (Å²) >= 11 is 0. The van der Waals surface area contributed by atoms with Gasteiger partial charge in [0.15, 0.2) is 6.61 Å². The molecule has 4 heteroatoms. The molecule has 0 spiro atoms. The van der Waals surface area contributed by atoms with Crippen molar-refractivity contribution in [3.05, 3.63) is 42.9 Å². The quantitative estimate of drug-likeness (QED) is 0.675. The molecule has 0 bridgehead atoms. The van der Waals surface area contributed by atoms with Gasteiger partial charge in [-0.1, -0.05) is 0 Å². The van der Waals surface area contributed by atoms with Crippen molar-refractivity contribution in [3.8, 4) is 0 Å². The largest absolute Gasteiger partial charge is 0.466 e. The molecule has 0 saturated heterocycles. The van der Waals surface area contributed by atoms with E-state index in [1.54, 1.807) is 18.7 Å². The zero-order valence-corrected chi connectivity index (χ0v) is 6.30. The Balaban J connectivity index is 1.91. The summed E-state index contributed by atoms with van der Waals surface area (Å²) in [5, 5.41) is 0. The predicted octanol–water partition coefficient (Wildman–Crippen LogP) is 0.905. The van der Waals surface area contributed by atoms with Gasteiger partial charge in [0.2, 0.25) is 6.33 Å². The van der Waals surface area contributed by atoms with Crippen molar-refractivity contribution in [2.75, 3.05) is 0 Å². The van der Waals surface area contributed by atoms with Crippen LogP contribution < -0.4 is 4.84 Å². The number of imidazole rings is 1. The minimum Gasteiger partial charge on any atom is -0.466 e. The highest BCUT2D eigenvalue weighted by Gasteiger charge is 1.95. The topological polar surface area (TPSA) is 40.2 Å².